The number of hydrogen-bond donors (Lipinski definition) is 0. The Morgan fingerprint density at radius 3 is 2.69 bits per heavy atom. The van der Waals surface area contributed by atoms with E-state index in [1.807, 2.05) is 0 Å². The van der Waals surface area contributed by atoms with E-state index in [1.165, 1.54) is 11.8 Å². The van der Waals surface area contributed by atoms with E-state index in [0.717, 1.165) is 14.5 Å². The standard InChI is InChI=1S/C10H5BrCl2N2S/c11-7-4-6(12)5-15-9(7)16-10-8(13)2-1-3-14-10/h1-5H. The molecule has 0 saturated heterocycles. The summed E-state index contributed by atoms with van der Waals surface area (Å²) in [6, 6.07) is 5.37. The van der Waals surface area contributed by atoms with E-state index in [2.05, 4.69) is 25.9 Å². The lowest BCUT2D eigenvalue weighted by Gasteiger charge is -2.04. The van der Waals surface area contributed by atoms with Gasteiger partial charge in [0.2, 0.25) is 0 Å². The van der Waals surface area contributed by atoms with Crippen molar-refractivity contribution >= 4 is 50.9 Å². The molecule has 0 atom stereocenters. The lowest BCUT2D eigenvalue weighted by Crippen LogP contribution is -1.85. The third-order valence-corrected chi connectivity index (χ3v) is 4.22. The van der Waals surface area contributed by atoms with Gasteiger partial charge in [0.25, 0.3) is 0 Å². The maximum Gasteiger partial charge on any atom is 0.121 e. The van der Waals surface area contributed by atoms with Crippen LogP contribution in [0.5, 0.6) is 0 Å². The highest BCUT2D eigenvalue weighted by Gasteiger charge is 2.08. The molecule has 0 aliphatic rings. The molecule has 6 heteroatoms. The minimum absolute atomic E-state index is 0.586. The molecule has 0 saturated carbocycles. The topological polar surface area (TPSA) is 25.8 Å². The van der Waals surface area contributed by atoms with Gasteiger partial charge in [0.1, 0.15) is 10.1 Å². The maximum absolute atomic E-state index is 6.01. The summed E-state index contributed by atoms with van der Waals surface area (Å²) in [6.45, 7) is 0. The van der Waals surface area contributed by atoms with Gasteiger partial charge in [-0.15, -0.1) is 0 Å². The quantitative estimate of drug-likeness (QED) is 0.795. The second kappa shape index (κ2) is 5.36. The zero-order valence-corrected chi connectivity index (χ0v) is 11.7. The van der Waals surface area contributed by atoms with Crippen molar-refractivity contribution in [3.63, 3.8) is 0 Å². The molecule has 0 aromatic carbocycles. The molecule has 0 radical (unpaired) electrons. The van der Waals surface area contributed by atoms with Crippen LogP contribution in [0, 0.1) is 0 Å². The van der Waals surface area contributed by atoms with Gasteiger partial charge in [0.05, 0.1) is 14.5 Å². The lowest BCUT2D eigenvalue weighted by molar-refractivity contribution is 1.08. The summed E-state index contributed by atoms with van der Waals surface area (Å²) in [5.41, 5.74) is 0. The molecule has 16 heavy (non-hydrogen) atoms. The van der Waals surface area contributed by atoms with Crippen LogP contribution in [0.15, 0.2) is 45.1 Å². The number of halogens is 3. The van der Waals surface area contributed by atoms with Crippen LogP contribution in [0.2, 0.25) is 10.0 Å². The van der Waals surface area contributed by atoms with E-state index in [9.17, 15) is 0 Å². The van der Waals surface area contributed by atoms with E-state index in [4.69, 9.17) is 23.2 Å². The first-order valence-corrected chi connectivity index (χ1v) is 6.63. The summed E-state index contributed by atoms with van der Waals surface area (Å²) >= 11 is 16.6. The summed E-state index contributed by atoms with van der Waals surface area (Å²) in [5, 5.41) is 2.70. The van der Waals surface area contributed by atoms with E-state index in [0.29, 0.717) is 10.0 Å². The van der Waals surface area contributed by atoms with E-state index in [1.54, 1.807) is 30.6 Å². The SMILES string of the molecule is Clc1cnc(Sc2ncccc2Cl)c(Br)c1. The summed E-state index contributed by atoms with van der Waals surface area (Å²) in [7, 11) is 0. The highest BCUT2D eigenvalue weighted by molar-refractivity contribution is 9.10. The van der Waals surface area contributed by atoms with E-state index in [-0.39, 0.29) is 0 Å². The molecule has 0 aliphatic heterocycles. The van der Waals surface area contributed by atoms with Crippen molar-refractivity contribution in [2.24, 2.45) is 0 Å². The Hall–Kier alpha value is -0.290. The van der Waals surface area contributed by atoms with Crippen molar-refractivity contribution in [3.05, 3.63) is 45.1 Å². The first-order chi connectivity index (χ1) is 7.66. The van der Waals surface area contributed by atoms with Crippen molar-refractivity contribution in [2.45, 2.75) is 10.1 Å². The highest BCUT2D eigenvalue weighted by Crippen LogP contribution is 2.34. The van der Waals surface area contributed by atoms with Crippen molar-refractivity contribution in [1.82, 2.24) is 9.97 Å². The minimum Gasteiger partial charge on any atom is -0.248 e. The van der Waals surface area contributed by atoms with Gasteiger partial charge in [-0.05, 0) is 45.9 Å². The average Bonchev–Trinajstić information content (AvgIpc) is 2.25. The van der Waals surface area contributed by atoms with Gasteiger partial charge < -0.3 is 0 Å². The van der Waals surface area contributed by atoms with Gasteiger partial charge >= 0.3 is 0 Å². The summed E-state index contributed by atoms with van der Waals surface area (Å²) < 4.78 is 0.826. The largest absolute Gasteiger partial charge is 0.248 e. The molecule has 2 rings (SSSR count). The molecule has 2 aromatic heterocycles. The highest BCUT2D eigenvalue weighted by atomic mass is 79.9. The van der Waals surface area contributed by atoms with Crippen molar-refractivity contribution in [2.75, 3.05) is 0 Å². The van der Waals surface area contributed by atoms with Crippen molar-refractivity contribution in [1.29, 1.82) is 0 Å². The Morgan fingerprint density at radius 2 is 2.00 bits per heavy atom. The maximum atomic E-state index is 6.01. The third-order valence-electron chi connectivity index (χ3n) is 1.69. The molecule has 82 valence electrons. The normalized spacial score (nSPS) is 10.4. The van der Waals surface area contributed by atoms with E-state index >= 15 is 0 Å². The van der Waals surface area contributed by atoms with Crippen LogP contribution in [0.3, 0.4) is 0 Å². The van der Waals surface area contributed by atoms with Crippen LogP contribution in [0.4, 0.5) is 0 Å². The van der Waals surface area contributed by atoms with Crippen LogP contribution >= 0.6 is 50.9 Å². The molecule has 0 fully saturated rings. The Labute approximate surface area is 116 Å². The number of aromatic nitrogens is 2. The van der Waals surface area contributed by atoms with Crippen LogP contribution in [-0.4, -0.2) is 9.97 Å². The molecule has 0 N–H and O–H groups in total. The predicted molar refractivity (Wildman–Crippen MR) is 70.3 cm³/mol. The fraction of sp³-hybridized carbons (Fsp3) is 0. The number of nitrogens with zero attached hydrogens (tertiary/aromatic N) is 2. The Balaban J connectivity index is 2.31. The number of hydrogen-bond acceptors (Lipinski definition) is 3. The van der Waals surface area contributed by atoms with Crippen LogP contribution in [0.1, 0.15) is 0 Å². The smallest absolute Gasteiger partial charge is 0.121 e. The molecular weight excluding hydrogens is 331 g/mol. The number of rotatable bonds is 2. The first-order valence-electron chi connectivity index (χ1n) is 4.26. The van der Waals surface area contributed by atoms with Crippen LogP contribution in [-0.2, 0) is 0 Å². The molecule has 0 aliphatic carbocycles. The monoisotopic (exact) mass is 334 g/mol. The summed E-state index contributed by atoms with van der Waals surface area (Å²) in [4.78, 5) is 8.37. The van der Waals surface area contributed by atoms with Gasteiger partial charge in [-0.1, -0.05) is 23.2 Å². The second-order valence-electron chi connectivity index (χ2n) is 2.83. The first kappa shape index (κ1) is 12.2. The predicted octanol–water partition coefficient (Wildman–Crippen LogP) is 4.70. The van der Waals surface area contributed by atoms with Gasteiger partial charge in [-0.25, -0.2) is 9.97 Å². The van der Waals surface area contributed by atoms with Crippen LogP contribution < -0.4 is 0 Å². The molecule has 2 aromatic rings. The second-order valence-corrected chi connectivity index (χ2v) is 5.51. The number of pyridine rings is 2. The zero-order valence-electron chi connectivity index (χ0n) is 7.82. The van der Waals surface area contributed by atoms with Gasteiger partial charge in [0, 0.05) is 12.4 Å². The molecule has 0 amide bonds. The van der Waals surface area contributed by atoms with Crippen molar-refractivity contribution in [3.8, 4) is 0 Å². The minimum atomic E-state index is 0.586. The van der Waals surface area contributed by atoms with Gasteiger partial charge in [0.15, 0.2) is 0 Å². The molecule has 2 heterocycles. The Bertz CT molecular complexity index is 522. The Kier molecular flexibility index (Phi) is 4.08. The molecule has 0 spiro atoms. The molecule has 0 bridgehead atoms. The molecular formula is C10H5BrCl2N2S. The zero-order chi connectivity index (χ0) is 11.5. The van der Waals surface area contributed by atoms with E-state index < -0.39 is 0 Å². The van der Waals surface area contributed by atoms with Gasteiger partial charge in [-0.2, -0.15) is 0 Å². The third kappa shape index (κ3) is 2.88. The van der Waals surface area contributed by atoms with Crippen LogP contribution in [0.25, 0.3) is 0 Å². The molecule has 2 nitrogen and oxygen atoms in total. The fourth-order valence-electron chi connectivity index (χ4n) is 1.02. The summed E-state index contributed by atoms with van der Waals surface area (Å²) in [5.74, 6) is 0. The average molecular weight is 336 g/mol. The van der Waals surface area contributed by atoms with Crippen molar-refractivity contribution < 1.29 is 0 Å². The Morgan fingerprint density at radius 1 is 1.19 bits per heavy atom. The fourth-order valence-corrected chi connectivity index (χ4v) is 2.86. The summed E-state index contributed by atoms with van der Waals surface area (Å²) in [6.07, 6.45) is 3.28. The molecule has 0 unspecified atom stereocenters. The van der Waals surface area contributed by atoms with Gasteiger partial charge in [-0.3, -0.25) is 0 Å². The lowest BCUT2D eigenvalue weighted by atomic mass is 10.5.